The third-order valence-corrected chi connectivity index (χ3v) is 10.4. The lowest BCUT2D eigenvalue weighted by Crippen LogP contribution is -2.48. The van der Waals surface area contributed by atoms with Gasteiger partial charge in [0.1, 0.15) is 5.75 Å². The highest BCUT2D eigenvalue weighted by Gasteiger charge is 2.32. The van der Waals surface area contributed by atoms with Crippen molar-refractivity contribution in [3.8, 4) is 5.75 Å². The number of sulfonamides is 1. The predicted octanol–water partition coefficient (Wildman–Crippen LogP) is 4.74. The zero-order valence-corrected chi connectivity index (χ0v) is 30.0. The normalized spacial score (nSPS) is 20.8. The maximum atomic E-state index is 14.3. The molecule has 0 unspecified atom stereocenters. The number of benzene rings is 2. The van der Waals surface area contributed by atoms with E-state index >= 15 is 0 Å². The standard InChI is InChI=1S/C34H51ClN4O7S/c1-24-21-39(25(2)23-40)34(42)30-20-28(36-33(41)11-9-18-37(4)5)14-17-31(30)46-26(3)10-7-8-19-45-32(24)22-38(6)47(43,44)29-15-12-27(35)13-16-29/h12-17,20,24-26,32,40H,7-11,18-19,21-23H2,1-6H3,(H,36,41)/t24-,25-,26-,32+/m0/s1. The van der Waals surface area contributed by atoms with Gasteiger partial charge in [-0.1, -0.05) is 18.5 Å². The van der Waals surface area contributed by atoms with Gasteiger partial charge >= 0.3 is 0 Å². The maximum absolute atomic E-state index is 14.3. The van der Waals surface area contributed by atoms with Crippen LogP contribution in [0.5, 0.6) is 5.75 Å². The summed E-state index contributed by atoms with van der Waals surface area (Å²) < 4.78 is 40.7. The number of aliphatic hydroxyl groups is 1. The number of rotatable bonds is 11. The molecule has 262 valence electrons. The van der Waals surface area contributed by atoms with E-state index in [2.05, 4.69) is 5.32 Å². The summed E-state index contributed by atoms with van der Waals surface area (Å²) in [5, 5.41) is 13.5. The zero-order valence-electron chi connectivity index (χ0n) is 28.4. The van der Waals surface area contributed by atoms with Gasteiger partial charge in [-0.3, -0.25) is 9.59 Å². The van der Waals surface area contributed by atoms with E-state index in [1.54, 1.807) is 30.0 Å². The fraction of sp³-hybridized carbons (Fsp3) is 0.588. The van der Waals surface area contributed by atoms with Gasteiger partial charge in [0.05, 0.1) is 35.3 Å². The largest absolute Gasteiger partial charge is 0.490 e. The molecule has 2 aromatic carbocycles. The molecule has 0 fully saturated rings. The number of hydrogen-bond acceptors (Lipinski definition) is 8. The van der Waals surface area contributed by atoms with Crippen LogP contribution in [0.15, 0.2) is 47.4 Å². The minimum absolute atomic E-state index is 0.0573. The van der Waals surface area contributed by atoms with Crippen LogP contribution in [0.1, 0.15) is 63.2 Å². The smallest absolute Gasteiger partial charge is 0.258 e. The first kappa shape index (κ1) is 38.7. The molecule has 1 aliphatic rings. The van der Waals surface area contributed by atoms with Crippen LogP contribution >= 0.6 is 11.6 Å². The van der Waals surface area contributed by atoms with E-state index in [0.29, 0.717) is 42.3 Å². The average Bonchev–Trinajstić information content (AvgIpc) is 3.02. The summed E-state index contributed by atoms with van der Waals surface area (Å²) >= 11 is 5.98. The van der Waals surface area contributed by atoms with Gasteiger partial charge in [-0.25, -0.2) is 8.42 Å². The van der Waals surface area contributed by atoms with Gasteiger partial charge in [0.2, 0.25) is 15.9 Å². The Morgan fingerprint density at radius 2 is 1.83 bits per heavy atom. The number of amides is 2. The van der Waals surface area contributed by atoms with E-state index in [1.807, 2.05) is 32.8 Å². The summed E-state index contributed by atoms with van der Waals surface area (Å²) in [6.45, 7) is 6.74. The van der Waals surface area contributed by atoms with Gasteiger partial charge in [0, 0.05) is 49.8 Å². The highest BCUT2D eigenvalue weighted by molar-refractivity contribution is 7.89. The Labute approximate surface area is 285 Å². The Morgan fingerprint density at radius 1 is 1.13 bits per heavy atom. The molecule has 11 nitrogen and oxygen atoms in total. The summed E-state index contributed by atoms with van der Waals surface area (Å²) in [6.07, 6.45) is 2.54. The number of carbonyl (C=O) groups is 2. The molecule has 0 aromatic heterocycles. The van der Waals surface area contributed by atoms with Crippen molar-refractivity contribution in [1.29, 1.82) is 0 Å². The number of ether oxygens (including phenoxy) is 2. The number of halogens is 1. The van der Waals surface area contributed by atoms with Crippen LogP contribution in [-0.4, -0.2) is 112 Å². The molecule has 1 aliphatic heterocycles. The maximum Gasteiger partial charge on any atom is 0.258 e. The number of nitrogens with one attached hydrogen (secondary N) is 1. The molecule has 3 rings (SSSR count). The van der Waals surface area contributed by atoms with Crippen molar-refractivity contribution in [1.82, 2.24) is 14.1 Å². The molecule has 0 spiro atoms. The van der Waals surface area contributed by atoms with E-state index < -0.39 is 22.2 Å². The molecular formula is C34H51ClN4O7S. The van der Waals surface area contributed by atoms with E-state index in [4.69, 9.17) is 21.1 Å². The van der Waals surface area contributed by atoms with Crippen LogP contribution in [0.3, 0.4) is 0 Å². The van der Waals surface area contributed by atoms with Crippen molar-refractivity contribution < 1.29 is 32.6 Å². The number of anilines is 1. The Bertz CT molecular complexity index is 1420. The van der Waals surface area contributed by atoms with Crippen LogP contribution in [-0.2, 0) is 19.6 Å². The summed E-state index contributed by atoms with van der Waals surface area (Å²) in [4.78, 5) is 30.7. The number of likely N-dealkylation sites (N-methyl/N-ethyl adjacent to an activating group) is 1. The summed E-state index contributed by atoms with van der Waals surface area (Å²) in [5.41, 5.74) is 0.747. The Morgan fingerprint density at radius 3 is 2.49 bits per heavy atom. The molecule has 13 heteroatoms. The molecule has 0 saturated heterocycles. The van der Waals surface area contributed by atoms with Crippen LogP contribution < -0.4 is 10.1 Å². The second-order valence-electron chi connectivity index (χ2n) is 12.7. The topological polar surface area (TPSA) is 129 Å². The van der Waals surface area contributed by atoms with Gasteiger partial charge < -0.3 is 29.7 Å². The van der Waals surface area contributed by atoms with Crippen LogP contribution in [0, 0.1) is 5.92 Å². The van der Waals surface area contributed by atoms with Crippen LogP contribution in [0.2, 0.25) is 5.02 Å². The Kier molecular flexibility index (Phi) is 14.9. The molecule has 47 heavy (non-hydrogen) atoms. The molecule has 2 N–H and O–H groups in total. The number of nitrogens with zero attached hydrogens (tertiary/aromatic N) is 3. The van der Waals surface area contributed by atoms with Crippen molar-refractivity contribution in [3.63, 3.8) is 0 Å². The molecule has 0 aliphatic carbocycles. The molecule has 2 amide bonds. The van der Waals surface area contributed by atoms with Crippen molar-refractivity contribution in [2.45, 2.75) is 76.0 Å². The van der Waals surface area contributed by atoms with Crippen LogP contribution in [0.4, 0.5) is 5.69 Å². The minimum Gasteiger partial charge on any atom is -0.490 e. The monoisotopic (exact) mass is 694 g/mol. The molecule has 2 aromatic rings. The lowest BCUT2D eigenvalue weighted by Gasteiger charge is -2.35. The van der Waals surface area contributed by atoms with Gasteiger partial charge in [-0.2, -0.15) is 4.31 Å². The minimum atomic E-state index is -3.84. The summed E-state index contributed by atoms with van der Waals surface area (Å²) in [5.74, 6) is -0.445. The highest BCUT2D eigenvalue weighted by atomic mass is 35.5. The third-order valence-electron chi connectivity index (χ3n) is 8.30. The SMILES string of the molecule is C[C@H]1CCCCO[C@H](CN(C)S(=O)(=O)c2ccc(Cl)cc2)[C@@H](C)CN([C@@H](C)CO)C(=O)c2cc(NC(=O)CCCN(C)C)ccc2O1. The van der Waals surface area contributed by atoms with Crippen molar-refractivity contribution in [2.24, 2.45) is 5.92 Å². The van der Waals surface area contributed by atoms with Crippen molar-refractivity contribution >= 4 is 39.1 Å². The van der Waals surface area contributed by atoms with Gasteiger partial charge in [-0.05, 0) is 103 Å². The van der Waals surface area contributed by atoms with E-state index in [9.17, 15) is 23.1 Å². The molecule has 0 bridgehead atoms. The predicted molar refractivity (Wildman–Crippen MR) is 185 cm³/mol. The second-order valence-corrected chi connectivity index (χ2v) is 15.2. The van der Waals surface area contributed by atoms with E-state index in [0.717, 1.165) is 19.4 Å². The first-order valence-electron chi connectivity index (χ1n) is 16.2. The average molecular weight is 695 g/mol. The molecule has 0 radical (unpaired) electrons. The van der Waals surface area contributed by atoms with E-state index in [1.165, 1.54) is 35.6 Å². The van der Waals surface area contributed by atoms with Gasteiger partial charge in [0.25, 0.3) is 5.91 Å². The van der Waals surface area contributed by atoms with Gasteiger partial charge in [0.15, 0.2) is 0 Å². The zero-order chi connectivity index (χ0) is 34.7. The molecule has 0 saturated carbocycles. The second kappa shape index (κ2) is 18.1. The first-order chi connectivity index (χ1) is 22.2. The lowest BCUT2D eigenvalue weighted by atomic mass is 10.0. The highest BCUT2D eigenvalue weighted by Crippen LogP contribution is 2.29. The lowest BCUT2D eigenvalue weighted by molar-refractivity contribution is -0.116. The fourth-order valence-electron chi connectivity index (χ4n) is 5.38. The number of aliphatic hydroxyl groups excluding tert-OH is 1. The molecule has 1 heterocycles. The Balaban J connectivity index is 1.92. The third kappa shape index (κ3) is 11.4. The molecule has 4 atom stereocenters. The molecular weight excluding hydrogens is 644 g/mol. The number of hydrogen-bond donors (Lipinski definition) is 2. The van der Waals surface area contributed by atoms with Crippen LogP contribution in [0.25, 0.3) is 0 Å². The van der Waals surface area contributed by atoms with Gasteiger partial charge in [-0.15, -0.1) is 0 Å². The fourth-order valence-corrected chi connectivity index (χ4v) is 6.69. The van der Waals surface area contributed by atoms with Crippen molar-refractivity contribution in [2.75, 3.05) is 59.3 Å². The summed E-state index contributed by atoms with van der Waals surface area (Å²) in [6, 6.07) is 10.5. The Hall–Kier alpha value is -2.74. The quantitative estimate of drug-likeness (QED) is 0.346. The number of fused-ring (bicyclic) bond motifs is 1. The number of carbonyl (C=O) groups excluding carboxylic acids is 2. The summed E-state index contributed by atoms with van der Waals surface area (Å²) in [7, 11) is 1.58. The van der Waals surface area contributed by atoms with E-state index in [-0.39, 0.29) is 54.0 Å². The van der Waals surface area contributed by atoms with Crippen molar-refractivity contribution in [3.05, 3.63) is 53.1 Å². The first-order valence-corrected chi connectivity index (χ1v) is 18.0.